The average Bonchev–Trinajstić information content (AvgIpc) is 2.90. The van der Waals surface area contributed by atoms with Crippen LogP contribution in [0.2, 0.25) is 5.02 Å². The van der Waals surface area contributed by atoms with Gasteiger partial charge in [0.1, 0.15) is 18.3 Å². The summed E-state index contributed by atoms with van der Waals surface area (Å²) in [6.07, 6.45) is 0. The molecule has 0 aliphatic heterocycles. The lowest BCUT2D eigenvalue weighted by molar-refractivity contribution is -0.139. The van der Waals surface area contributed by atoms with Gasteiger partial charge in [-0.25, -0.2) is 8.42 Å². The number of nitrogens with zero attached hydrogens (tertiary/aromatic N) is 2. The smallest absolute Gasteiger partial charge is 0.264 e. The van der Waals surface area contributed by atoms with Crippen LogP contribution < -0.4 is 14.4 Å². The first-order chi connectivity index (χ1) is 18.4. The number of sulfonamides is 1. The van der Waals surface area contributed by atoms with Crippen LogP contribution in [0.25, 0.3) is 0 Å². The van der Waals surface area contributed by atoms with Crippen LogP contribution in [0.15, 0.2) is 82.2 Å². The molecule has 1 atom stereocenters. The molecule has 0 unspecified atom stereocenters. The molecule has 8 nitrogen and oxygen atoms in total. The fraction of sp³-hybridized carbons (Fsp3) is 0.286. The maximum Gasteiger partial charge on any atom is 0.264 e. The van der Waals surface area contributed by atoms with Gasteiger partial charge in [0.2, 0.25) is 11.8 Å². The van der Waals surface area contributed by atoms with E-state index < -0.39 is 28.5 Å². The summed E-state index contributed by atoms with van der Waals surface area (Å²) in [4.78, 5) is 28.3. The van der Waals surface area contributed by atoms with Crippen molar-refractivity contribution in [1.82, 2.24) is 10.2 Å². The van der Waals surface area contributed by atoms with Gasteiger partial charge < -0.3 is 15.0 Å². The SMILES string of the molecule is COc1ccc(Cl)cc1N(CC(=O)N(Cc1cccc(Br)c1)[C@H](C)C(=O)NC(C)C)S(=O)(=O)c1ccccc1. The monoisotopic (exact) mass is 635 g/mol. The van der Waals surface area contributed by atoms with Crippen molar-refractivity contribution in [3.8, 4) is 5.75 Å². The average molecular weight is 637 g/mol. The molecule has 2 amide bonds. The van der Waals surface area contributed by atoms with Gasteiger partial charge in [-0.05, 0) is 68.8 Å². The Bertz CT molecular complexity index is 1420. The van der Waals surface area contributed by atoms with Crippen LogP contribution in [0.3, 0.4) is 0 Å². The van der Waals surface area contributed by atoms with E-state index in [-0.39, 0.29) is 39.8 Å². The van der Waals surface area contributed by atoms with Crippen LogP contribution in [0.4, 0.5) is 5.69 Å². The van der Waals surface area contributed by atoms with Crippen molar-refractivity contribution in [2.75, 3.05) is 18.0 Å². The number of rotatable bonds is 11. The minimum Gasteiger partial charge on any atom is -0.495 e. The zero-order valence-electron chi connectivity index (χ0n) is 22.1. The Morgan fingerprint density at radius 3 is 2.31 bits per heavy atom. The normalized spacial score (nSPS) is 12.1. The lowest BCUT2D eigenvalue weighted by atomic mass is 10.1. The molecule has 208 valence electrons. The fourth-order valence-corrected chi connectivity index (χ4v) is 5.96. The molecule has 1 N–H and O–H groups in total. The lowest BCUT2D eigenvalue weighted by Crippen LogP contribution is -2.52. The second kappa shape index (κ2) is 13.3. The van der Waals surface area contributed by atoms with E-state index in [1.165, 1.54) is 36.3 Å². The summed E-state index contributed by atoms with van der Waals surface area (Å²) in [6.45, 7) is 4.75. The molecule has 0 aromatic heterocycles. The molecule has 0 saturated heterocycles. The van der Waals surface area contributed by atoms with Gasteiger partial charge in [-0.1, -0.05) is 57.9 Å². The predicted molar refractivity (Wildman–Crippen MR) is 156 cm³/mol. The maximum atomic E-state index is 14.0. The Morgan fingerprint density at radius 2 is 1.69 bits per heavy atom. The quantitative estimate of drug-likeness (QED) is 0.310. The first-order valence-corrected chi connectivity index (χ1v) is 14.8. The predicted octanol–water partition coefficient (Wildman–Crippen LogP) is 5.25. The molecule has 3 aromatic carbocycles. The second-order valence-corrected chi connectivity index (χ2v) is 12.3. The lowest BCUT2D eigenvalue weighted by Gasteiger charge is -2.32. The van der Waals surface area contributed by atoms with Gasteiger partial charge in [0.15, 0.2) is 0 Å². The van der Waals surface area contributed by atoms with Crippen molar-refractivity contribution < 1.29 is 22.7 Å². The van der Waals surface area contributed by atoms with E-state index in [1.807, 2.05) is 38.1 Å². The van der Waals surface area contributed by atoms with Crippen LogP contribution >= 0.6 is 27.5 Å². The first kappa shape index (κ1) is 30.5. The third-order valence-corrected chi connectivity index (χ3v) is 8.36. The molecular formula is C28H31BrClN3O5S. The molecule has 0 radical (unpaired) electrons. The Kier molecular flexibility index (Phi) is 10.4. The number of anilines is 1. The number of nitrogens with one attached hydrogen (secondary N) is 1. The third kappa shape index (κ3) is 7.74. The van der Waals surface area contributed by atoms with Gasteiger partial charge in [0.25, 0.3) is 10.0 Å². The van der Waals surface area contributed by atoms with Gasteiger partial charge in [0, 0.05) is 22.1 Å². The molecule has 0 aliphatic carbocycles. The zero-order chi connectivity index (χ0) is 28.7. The van der Waals surface area contributed by atoms with Gasteiger partial charge in [-0.3, -0.25) is 13.9 Å². The van der Waals surface area contributed by atoms with E-state index in [1.54, 1.807) is 31.2 Å². The Morgan fingerprint density at radius 1 is 1.00 bits per heavy atom. The highest BCUT2D eigenvalue weighted by Crippen LogP contribution is 2.35. The molecule has 0 spiro atoms. The summed E-state index contributed by atoms with van der Waals surface area (Å²) in [5.41, 5.74) is 0.864. The molecule has 0 saturated carbocycles. The van der Waals surface area contributed by atoms with Crippen molar-refractivity contribution in [2.24, 2.45) is 0 Å². The van der Waals surface area contributed by atoms with E-state index in [0.29, 0.717) is 0 Å². The van der Waals surface area contributed by atoms with Crippen molar-refractivity contribution in [3.63, 3.8) is 0 Å². The standard InChI is InChI=1S/C28H31BrClN3O5S/c1-19(2)31-28(35)20(3)32(17-21-9-8-10-22(29)15-21)27(34)18-33(25-16-23(30)13-14-26(25)38-4)39(36,37)24-11-6-5-7-12-24/h5-16,19-20H,17-18H2,1-4H3,(H,31,35)/t20-/m1/s1. The molecule has 11 heteroatoms. The Labute approximate surface area is 243 Å². The summed E-state index contributed by atoms with van der Waals surface area (Å²) in [5, 5.41) is 3.10. The molecule has 0 heterocycles. The van der Waals surface area contributed by atoms with Crippen LogP contribution in [-0.2, 0) is 26.2 Å². The molecule has 39 heavy (non-hydrogen) atoms. The number of hydrogen-bond donors (Lipinski definition) is 1. The number of carbonyl (C=O) groups excluding carboxylic acids is 2. The maximum absolute atomic E-state index is 14.0. The van der Waals surface area contributed by atoms with Gasteiger partial charge in [-0.2, -0.15) is 0 Å². The minimum absolute atomic E-state index is 0.0102. The highest BCUT2D eigenvalue weighted by molar-refractivity contribution is 9.10. The number of halogens is 2. The van der Waals surface area contributed by atoms with Crippen LogP contribution in [-0.4, -0.2) is 50.9 Å². The van der Waals surface area contributed by atoms with E-state index in [9.17, 15) is 18.0 Å². The third-order valence-electron chi connectivity index (χ3n) is 5.86. The first-order valence-electron chi connectivity index (χ1n) is 12.2. The molecule has 0 bridgehead atoms. The Hall–Kier alpha value is -3.08. The van der Waals surface area contributed by atoms with E-state index in [2.05, 4.69) is 21.2 Å². The van der Waals surface area contributed by atoms with Crippen LogP contribution in [0, 0.1) is 0 Å². The summed E-state index contributed by atoms with van der Waals surface area (Å²) in [7, 11) is -2.83. The second-order valence-electron chi connectivity index (χ2n) is 9.13. The molecular weight excluding hydrogens is 606 g/mol. The van der Waals surface area contributed by atoms with Gasteiger partial charge >= 0.3 is 0 Å². The number of ether oxygens (including phenoxy) is 1. The van der Waals surface area contributed by atoms with E-state index in [4.69, 9.17) is 16.3 Å². The number of amides is 2. The summed E-state index contributed by atoms with van der Waals surface area (Å²) < 4.78 is 35.0. The largest absolute Gasteiger partial charge is 0.495 e. The van der Waals surface area contributed by atoms with Crippen LogP contribution in [0.1, 0.15) is 26.3 Å². The Balaban J connectivity index is 2.09. The summed E-state index contributed by atoms with van der Waals surface area (Å²) >= 11 is 9.68. The zero-order valence-corrected chi connectivity index (χ0v) is 25.3. The van der Waals surface area contributed by atoms with Crippen molar-refractivity contribution in [3.05, 3.63) is 87.9 Å². The van der Waals surface area contributed by atoms with E-state index in [0.717, 1.165) is 14.3 Å². The highest BCUT2D eigenvalue weighted by Gasteiger charge is 2.34. The highest BCUT2D eigenvalue weighted by atomic mass is 79.9. The van der Waals surface area contributed by atoms with Crippen molar-refractivity contribution in [2.45, 2.75) is 44.3 Å². The van der Waals surface area contributed by atoms with Crippen LogP contribution in [0.5, 0.6) is 5.75 Å². The minimum atomic E-state index is -4.24. The number of hydrogen-bond acceptors (Lipinski definition) is 5. The summed E-state index contributed by atoms with van der Waals surface area (Å²) in [6, 6.07) is 18.6. The number of benzene rings is 3. The topological polar surface area (TPSA) is 96.0 Å². The fourth-order valence-electron chi connectivity index (χ4n) is 3.91. The van der Waals surface area contributed by atoms with Gasteiger partial charge in [-0.15, -0.1) is 0 Å². The van der Waals surface area contributed by atoms with Gasteiger partial charge in [0.05, 0.1) is 17.7 Å². The molecule has 3 aromatic rings. The number of methoxy groups -OCH3 is 1. The molecule has 0 fully saturated rings. The van der Waals surface area contributed by atoms with E-state index >= 15 is 0 Å². The molecule has 0 aliphatic rings. The van der Waals surface area contributed by atoms with Crippen molar-refractivity contribution >= 4 is 55.1 Å². The van der Waals surface area contributed by atoms with Crippen molar-refractivity contribution in [1.29, 1.82) is 0 Å². The molecule has 3 rings (SSSR count). The number of carbonyl (C=O) groups is 2. The summed E-state index contributed by atoms with van der Waals surface area (Å²) in [5.74, 6) is -0.718.